The third-order valence-electron chi connectivity index (χ3n) is 3.82. The fraction of sp³-hybridized carbons (Fsp3) is 0.500. The molecule has 0 radical (unpaired) electrons. The minimum absolute atomic E-state index is 0.415. The fourth-order valence-electron chi connectivity index (χ4n) is 2.30. The van der Waals surface area contributed by atoms with E-state index in [2.05, 4.69) is 42.0 Å². The largest absolute Gasteiger partial charge is 0.361 e. The maximum atomic E-state index is 5.22. The number of aromatic nitrogens is 2. The second-order valence-electron chi connectivity index (χ2n) is 5.60. The molecule has 0 saturated carbocycles. The smallest absolute Gasteiger partial charge is 0.138 e. The average molecular weight is 273 g/mol. The van der Waals surface area contributed by atoms with Gasteiger partial charge in [0, 0.05) is 36.5 Å². The van der Waals surface area contributed by atoms with Gasteiger partial charge in [-0.2, -0.15) is 0 Å². The van der Waals surface area contributed by atoms with E-state index in [-0.39, 0.29) is 0 Å². The van der Waals surface area contributed by atoms with Gasteiger partial charge in [0.05, 0.1) is 5.69 Å². The highest BCUT2D eigenvalue weighted by Gasteiger charge is 2.16. The lowest BCUT2D eigenvalue weighted by molar-refractivity contribution is 0.245. The van der Waals surface area contributed by atoms with Crippen molar-refractivity contribution in [3.63, 3.8) is 0 Å². The molecule has 2 rings (SSSR count). The number of hydrogen-bond donors (Lipinski definition) is 0. The van der Waals surface area contributed by atoms with E-state index in [9.17, 15) is 0 Å². The van der Waals surface area contributed by atoms with Gasteiger partial charge in [-0.3, -0.25) is 9.88 Å². The van der Waals surface area contributed by atoms with E-state index >= 15 is 0 Å². The van der Waals surface area contributed by atoms with Gasteiger partial charge >= 0.3 is 0 Å². The van der Waals surface area contributed by atoms with Crippen LogP contribution < -0.4 is 0 Å². The van der Waals surface area contributed by atoms with Gasteiger partial charge in [-0.15, -0.1) is 0 Å². The minimum Gasteiger partial charge on any atom is -0.361 e. The zero-order valence-electron chi connectivity index (χ0n) is 13.0. The predicted molar refractivity (Wildman–Crippen MR) is 79.6 cm³/mol. The number of nitrogens with zero attached hydrogens (tertiary/aromatic N) is 3. The third kappa shape index (κ3) is 3.45. The summed E-state index contributed by atoms with van der Waals surface area (Å²) < 4.78 is 5.22. The summed E-state index contributed by atoms with van der Waals surface area (Å²) in [7, 11) is 2.13. The monoisotopic (exact) mass is 273 g/mol. The Morgan fingerprint density at radius 1 is 1.30 bits per heavy atom. The second-order valence-corrected chi connectivity index (χ2v) is 5.60. The molecule has 0 saturated heterocycles. The summed E-state index contributed by atoms with van der Waals surface area (Å²) in [6.07, 6.45) is 2.83. The summed E-state index contributed by atoms with van der Waals surface area (Å²) in [5.74, 6) is 0.912. The van der Waals surface area contributed by atoms with Crippen molar-refractivity contribution in [3.05, 3.63) is 46.6 Å². The van der Waals surface area contributed by atoms with Crippen molar-refractivity contribution < 1.29 is 4.52 Å². The lowest BCUT2D eigenvalue weighted by atomic mass is 10.1. The molecule has 2 heterocycles. The molecule has 0 unspecified atom stereocenters. The maximum Gasteiger partial charge on any atom is 0.138 e. The van der Waals surface area contributed by atoms with Crippen LogP contribution >= 0.6 is 0 Å². The van der Waals surface area contributed by atoms with Crippen LogP contribution in [-0.2, 0) is 13.0 Å². The van der Waals surface area contributed by atoms with Crippen LogP contribution in [0.3, 0.4) is 0 Å². The molecule has 0 aliphatic rings. The summed E-state index contributed by atoms with van der Waals surface area (Å²) >= 11 is 0. The van der Waals surface area contributed by atoms with Crippen molar-refractivity contribution in [2.75, 3.05) is 7.05 Å². The molecule has 4 heteroatoms. The Hall–Kier alpha value is -1.68. The first-order chi connectivity index (χ1) is 9.47. The normalized spacial score (nSPS) is 12.9. The van der Waals surface area contributed by atoms with Gasteiger partial charge in [-0.1, -0.05) is 5.16 Å². The Morgan fingerprint density at radius 3 is 2.65 bits per heavy atom. The zero-order valence-corrected chi connectivity index (χ0v) is 13.0. The molecule has 1 atom stereocenters. The van der Waals surface area contributed by atoms with Gasteiger partial charge in [0.25, 0.3) is 0 Å². The van der Waals surface area contributed by atoms with Crippen LogP contribution in [0.25, 0.3) is 0 Å². The molecule has 2 aromatic heterocycles. The highest BCUT2D eigenvalue weighted by Crippen LogP contribution is 2.16. The Balaban J connectivity index is 2.00. The molecule has 0 amide bonds. The zero-order chi connectivity index (χ0) is 14.7. The van der Waals surface area contributed by atoms with E-state index in [1.165, 1.54) is 11.1 Å². The van der Waals surface area contributed by atoms with Crippen molar-refractivity contribution >= 4 is 0 Å². The molecule has 2 aromatic rings. The minimum atomic E-state index is 0.415. The summed E-state index contributed by atoms with van der Waals surface area (Å²) in [6.45, 7) is 9.14. The van der Waals surface area contributed by atoms with Crippen LogP contribution in [0.4, 0.5) is 0 Å². The van der Waals surface area contributed by atoms with Crippen molar-refractivity contribution in [1.29, 1.82) is 0 Å². The number of hydrogen-bond acceptors (Lipinski definition) is 4. The topological polar surface area (TPSA) is 42.2 Å². The van der Waals surface area contributed by atoms with E-state index in [0.717, 1.165) is 30.1 Å². The first-order valence-corrected chi connectivity index (χ1v) is 7.01. The van der Waals surface area contributed by atoms with Gasteiger partial charge in [0.1, 0.15) is 5.76 Å². The van der Waals surface area contributed by atoms with Crippen molar-refractivity contribution in [3.8, 4) is 0 Å². The highest BCUT2D eigenvalue weighted by molar-refractivity contribution is 5.21. The molecule has 108 valence electrons. The van der Waals surface area contributed by atoms with Crippen LogP contribution in [0.1, 0.15) is 35.2 Å². The molecule has 0 aliphatic carbocycles. The van der Waals surface area contributed by atoms with E-state index in [1.54, 1.807) is 0 Å². The standard InChI is InChI=1S/C16H23N3O/c1-11-6-7-17-15(8-11)9-12(2)19(5)10-16-13(3)18-20-14(16)4/h6-8,12H,9-10H2,1-5H3/t12-/m1/s1. The maximum absolute atomic E-state index is 5.22. The summed E-state index contributed by atoms with van der Waals surface area (Å²) in [5, 5.41) is 4.01. The Labute approximate surface area is 120 Å². The van der Waals surface area contributed by atoms with E-state index < -0.39 is 0 Å². The Bertz CT molecular complexity index is 557. The predicted octanol–water partition coefficient (Wildman–Crippen LogP) is 3.06. The van der Waals surface area contributed by atoms with Gasteiger partial charge in [-0.25, -0.2) is 0 Å². The van der Waals surface area contributed by atoms with Crippen LogP contribution in [0.5, 0.6) is 0 Å². The molecule has 4 nitrogen and oxygen atoms in total. The molecule has 0 fully saturated rings. The van der Waals surface area contributed by atoms with Gasteiger partial charge in [-0.05, 0) is 52.4 Å². The first-order valence-electron chi connectivity index (χ1n) is 7.01. The molecule has 0 aliphatic heterocycles. The van der Waals surface area contributed by atoms with Crippen LogP contribution in [0.2, 0.25) is 0 Å². The van der Waals surface area contributed by atoms with E-state index in [1.807, 2.05) is 26.1 Å². The summed E-state index contributed by atoms with van der Waals surface area (Å²) in [6, 6.07) is 4.60. The number of likely N-dealkylation sites (N-methyl/N-ethyl adjacent to an activating group) is 1. The lowest BCUT2D eigenvalue weighted by Gasteiger charge is -2.24. The Morgan fingerprint density at radius 2 is 2.05 bits per heavy atom. The average Bonchev–Trinajstić information content (AvgIpc) is 2.70. The van der Waals surface area contributed by atoms with Gasteiger partial charge < -0.3 is 4.52 Å². The summed E-state index contributed by atoms with van der Waals surface area (Å²) in [4.78, 5) is 6.75. The van der Waals surface area contributed by atoms with Crippen molar-refractivity contribution in [1.82, 2.24) is 15.0 Å². The van der Waals surface area contributed by atoms with Gasteiger partial charge in [0.15, 0.2) is 0 Å². The van der Waals surface area contributed by atoms with Crippen molar-refractivity contribution in [2.45, 2.75) is 46.7 Å². The third-order valence-corrected chi connectivity index (χ3v) is 3.82. The van der Waals surface area contributed by atoms with Crippen molar-refractivity contribution in [2.24, 2.45) is 0 Å². The molecular weight excluding hydrogens is 250 g/mol. The van der Waals surface area contributed by atoms with Crippen LogP contribution in [0, 0.1) is 20.8 Å². The fourth-order valence-corrected chi connectivity index (χ4v) is 2.30. The number of rotatable bonds is 5. The SMILES string of the molecule is Cc1ccnc(C[C@@H](C)N(C)Cc2c(C)noc2C)c1. The quantitative estimate of drug-likeness (QED) is 0.839. The van der Waals surface area contributed by atoms with Gasteiger partial charge in [0.2, 0.25) is 0 Å². The number of aryl methyl sites for hydroxylation is 3. The Kier molecular flexibility index (Phi) is 4.55. The molecule has 0 aromatic carbocycles. The molecular formula is C16H23N3O. The number of pyridine rings is 1. The molecule has 0 bridgehead atoms. The van der Waals surface area contributed by atoms with Crippen LogP contribution in [0.15, 0.2) is 22.9 Å². The van der Waals surface area contributed by atoms with E-state index in [0.29, 0.717) is 6.04 Å². The highest BCUT2D eigenvalue weighted by atomic mass is 16.5. The van der Waals surface area contributed by atoms with E-state index in [4.69, 9.17) is 4.52 Å². The second kappa shape index (κ2) is 6.18. The van der Waals surface area contributed by atoms with Crippen LogP contribution in [-0.4, -0.2) is 28.1 Å². The first kappa shape index (κ1) is 14.7. The molecule has 0 spiro atoms. The lowest BCUT2D eigenvalue weighted by Crippen LogP contribution is -2.31. The summed E-state index contributed by atoms with van der Waals surface area (Å²) in [5.41, 5.74) is 4.57. The molecule has 0 N–H and O–H groups in total. The molecule has 20 heavy (non-hydrogen) atoms.